The number of benzene rings is 2. The van der Waals surface area contributed by atoms with Crippen LogP contribution in [0.3, 0.4) is 0 Å². The van der Waals surface area contributed by atoms with E-state index in [0.29, 0.717) is 16.2 Å². The van der Waals surface area contributed by atoms with Gasteiger partial charge in [-0.1, -0.05) is 41.8 Å². The highest BCUT2D eigenvalue weighted by atomic mass is 35.5. The summed E-state index contributed by atoms with van der Waals surface area (Å²) in [5, 5.41) is 0.202. The van der Waals surface area contributed by atoms with Gasteiger partial charge < -0.3 is 9.13 Å². The van der Waals surface area contributed by atoms with Gasteiger partial charge in [0.25, 0.3) is 5.56 Å². The van der Waals surface area contributed by atoms with Crippen molar-refractivity contribution in [1.82, 2.24) is 19.1 Å². The number of nitrogens with zero attached hydrogens (tertiary/aromatic N) is 4. The third-order valence-corrected chi connectivity index (χ3v) is 6.24. The molecular weight excluding hydrogens is 479 g/mol. The van der Waals surface area contributed by atoms with Gasteiger partial charge in [0, 0.05) is 48.7 Å². The van der Waals surface area contributed by atoms with Gasteiger partial charge in [-0.05, 0) is 47.5 Å². The lowest BCUT2D eigenvalue weighted by Gasteiger charge is -2.14. The van der Waals surface area contributed by atoms with E-state index < -0.39 is 5.38 Å². The zero-order chi connectivity index (χ0) is 24.9. The Morgan fingerprint density at radius 3 is 2.43 bits per heavy atom. The summed E-state index contributed by atoms with van der Waals surface area (Å²) in [5.41, 5.74) is 5.18. The van der Waals surface area contributed by atoms with Crippen LogP contribution in [0.25, 0.3) is 22.2 Å². The summed E-state index contributed by atoms with van der Waals surface area (Å²) in [6.07, 6.45) is 10.9. The smallest absolute Gasteiger partial charge is 0.251 e. The van der Waals surface area contributed by atoms with Crippen LogP contribution in [-0.4, -0.2) is 19.1 Å². The van der Waals surface area contributed by atoms with Gasteiger partial charge in [0.2, 0.25) is 0 Å². The van der Waals surface area contributed by atoms with Crippen LogP contribution in [0.15, 0.2) is 90.2 Å². The molecule has 0 aliphatic heterocycles. The van der Waals surface area contributed by atoms with Crippen LogP contribution < -0.4 is 5.56 Å². The van der Waals surface area contributed by atoms with E-state index >= 15 is 0 Å². The van der Waals surface area contributed by atoms with Gasteiger partial charge in [0.1, 0.15) is 5.38 Å². The van der Waals surface area contributed by atoms with Gasteiger partial charge in [0.15, 0.2) is 0 Å². The molecule has 0 N–H and O–H groups in total. The van der Waals surface area contributed by atoms with Crippen LogP contribution in [0.1, 0.15) is 22.2 Å². The molecule has 0 aliphatic carbocycles. The van der Waals surface area contributed by atoms with Crippen molar-refractivity contribution in [3.8, 4) is 23.5 Å². The van der Waals surface area contributed by atoms with Gasteiger partial charge in [-0.15, -0.1) is 18.0 Å². The zero-order valence-corrected chi connectivity index (χ0v) is 20.7. The third kappa shape index (κ3) is 5.46. The number of hydrogen-bond acceptors (Lipinski definition) is 3. The molecule has 5 aromatic rings. The van der Waals surface area contributed by atoms with Gasteiger partial charge in [-0.25, -0.2) is 9.97 Å². The number of imidazole rings is 1. The molecular formula is C28H22Cl2N4O. The Morgan fingerprint density at radius 1 is 1.03 bits per heavy atom. The lowest BCUT2D eigenvalue weighted by molar-refractivity contribution is 0.901. The molecule has 0 saturated heterocycles. The lowest BCUT2D eigenvalue weighted by Crippen LogP contribution is -2.17. The lowest BCUT2D eigenvalue weighted by atomic mass is 10.0. The SMILES string of the molecule is C#Cc1cccc(-c2cc(=O)n(C)c3ccc(C(Cl)c4ccc(Cl)cc4)nc23)c1.Cn1ccnc1. The van der Waals surface area contributed by atoms with Gasteiger partial charge >= 0.3 is 0 Å². The van der Waals surface area contributed by atoms with Crippen LogP contribution in [0.4, 0.5) is 0 Å². The molecule has 0 fully saturated rings. The molecule has 7 heteroatoms. The molecule has 3 aromatic heterocycles. The summed E-state index contributed by atoms with van der Waals surface area (Å²) in [6.45, 7) is 0. The maximum Gasteiger partial charge on any atom is 0.251 e. The topological polar surface area (TPSA) is 52.7 Å². The van der Waals surface area contributed by atoms with Gasteiger partial charge in [-0.2, -0.15) is 0 Å². The fourth-order valence-corrected chi connectivity index (χ4v) is 4.00. The molecule has 2 aromatic carbocycles. The number of pyridine rings is 2. The quantitative estimate of drug-likeness (QED) is 0.226. The third-order valence-electron chi connectivity index (χ3n) is 5.51. The molecule has 1 unspecified atom stereocenters. The van der Waals surface area contributed by atoms with E-state index in [1.165, 1.54) is 0 Å². The van der Waals surface area contributed by atoms with E-state index in [1.54, 1.807) is 42.3 Å². The van der Waals surface area contributed by atoms with E-state index in [9.17, 15) is 4.79 Å². The first-order valence-corrected chi connectivity index (χ1v) is 11.6. The van der Waals surface area contributed by atoms with Crippen molar-refractivity contribution in [2.24, 2.45) is 14.1 Å². The molecule has 35 heavy (non-hydrogen) atoms. The van der Waals surface area contributed by atoms with Crippen molar-refractivity contribution in [2.45, 2.75) is 5.38 Å². The second-order valence-corrected chi connectivity index (χ2v) is 8.80. The minimum Gasteiger partial charge on any atom is -0.341 e. The van der Waals surface area contributed by atoms with Crippen LogP contribution in [0.5, 0.6) is 0 Å². The molecule has 5 nitrogen and oxygen atoms in total. The Hall–Kier alpha value is -3.85. The molecule has 0 aliphatic rings. The highest BCUT2D eigenvalue weighted by Gasteiger charge is 2.16. The Balaban J connectivity index is 0.000000421. The first-order valence-electron chi connectivity index (χ1n) is 10.8. The predicted octanol–water partition coefficient (Wildman–Crippen LogP) is 5.98. The molecule has 0 spiro atoms. The van der Waals surface area contributed by atoms with E-state index in [1.807, 2.05) is 66.3 Å². The zero-order valence-electron chi connectivity index (χ0n) is 19.2. The number of terminal acetylenes is 1. The standard InChI is InChI=1S/C24H16Cl2N2O.C4H6N2/c1-3-15-5-4-6-17(13-15)19-14-22(29)28(2)21-12-11-20(27-24(19)21)23(26)16-7-9-18(25)10-8-16;1-6-3-2-5-4-6/h1,4-14,23H,2H3;2-4H,1H3. The number of rotatable bonds is 3. The van der Waals surface area contributed by atoms with Crippen molar-refractivity contribution in [3.05, 3.63) is 118 Å². The summed E-state index contributed by atoms with van der Waals surface area (Å²) in [7, 11) is 3.66. The van der Waals surface area contributed by atoms with Crippen molar-refractivity contribution in [3.63, 3.8) is 0 Å². The highest BCUT2D eigenvalue weighted by molar-refractivity contribution is 6.30. The summed E-state index contributed by atoms with van der Waals surface area (Å²) in [5.74, 6) is 2.63. The largest absolute Gasteiger partial charge is 0.341 e. The summed E-state index contributed by atoms with van der Waals surface area (Å²) < 4.78 is 3.46. The van der Waals surface area contributed by atoms with Crippen molar-refractivity contribution in [1.29, 1.82) is 0 Å². The molecule has 174 valence electrons. The molecule has 5 rings (SSSR count). The van der Waals surface area contributed by atoms with Crippen molar-refractivity contribution < 1.29 is 0 Å². The van der Waals surface area contributed by atoms with Crippen LogP contribution >= 0.6 is 23.2 Å². The maximum absolute atomic E-state index is 12.5. The first kappa shape index (κ1) is 24.3. The minimum absolute atomic E-state index is 0.117. The summed E-state index contributed by atoms with van der Waals surface area (Å²) in [6, 6.07) is 20.2. The Labute approximate surface area is 213 Å². The molecule has 0 amide bonds. The first-order chi connectivity index (χ1) is 16.9. The fourth-order valence-electron chi connectivity index (χ4n) is 3.61. The van der Waals surface area contributed by atoms with E-state index in [0.717, 1.165) is 27.8 Å². The average molecular weight is 501 g/mol. The van der Waals surface area contributed by atoms with Crippen LogP contribution in [0, 0.1) is 12.3 Å². The molecule has 1 atom stereocenters. The van der Waals surface area contributed by atoms with Gasteiger partial charge in [-0.3, -0.25) is 4.79 Å². The maximum atomic E-state index is 12.5. The van der Waals surface area contributed by atoms with Crippen molar-refractivity contribution >= 4 is 34.2 Å². The molecule has 3 heterocycles. The number of hydrogen-bond donors (Lipinski definition) is 0. The number of aryl methyl sites for hydroxylation is 2. The van der Waals surface area contributed by atoms with E-state index in [4.69, 9.17) is 34.6 Å². The van der Waals surface area contributed by atoms with Crippen LogP contribution in [-0.2, 0) is 14.1 Å². The fraction of sp³-hybridized carbons (Fsp3) is 0.107. The molecule has 0 saturated carbocycles. The Bertz CT molecular complexity index is 1570. The predicted molar refractivity (Wildman–Crippen MR) is 143 cm³/mol. The van der Waals surface area contributed by atoms with Crippen molar-refractivity contribution in [2.75, 3.05) is 0 Å². The number of fused-ring (bicyclic) bond motifs is 1. The summed E-state index contributed by atoms with van der Waals surface area (Å²) >= 11 is 12.7. The normalized spacial score (nSPS) is 11.4. The highest BCUT2D eigenvalue weighted by Crippen LogP contribution is 2.32. The molecule has 0 radical (unpaired) electrons. The van der Waals surface area contributed by atoms with E-state index in [2.05, 4.69) is 10.9 Å². The average Bonchev–Trinajstić information content (AvgIpc) is 3.37. The number of aromatic nitrogens is 4. The van der Waals surface area contributed by atoms with Crippen LogP contribution in [0.2, 0.25) is 5.02 Å². The second-order valence-electron chi connectivity index (χ2n) is 7.93. The Morgan fingerprint density at radius 2 is 1.80 bits per heavy atom. The summed E-state index contributed by atoms with van der Waals surface area (Å²) in [4.78, 5) is 21.1. The number of halogens is 2. The monoisotopic (exact) mass is 500 g/mol. The Kier molecular flexibility index (Phi) is 7.36. The second kappa shape index (κ2) is 10.6. The van der Waals surface area contributed by atoms with Gasteiger partial charge in [0.05, 0.1) is 23.1 Å². The van der Waals surface area contributed by atoms with E-state index in [-0.39, 0.29) is 5.56 Å². The molecule has 0 bridgehead atoms. The minimum atomic E-state index is -0.446. The number of alkyl halides is 1.